The summed E-state index contributed by atoms with van der Waals surface area (Å²) in [6.07, 6.45) is 9.98. The summed E-state index contributed by atoms with van der Waals surface area (Å²) < 4.78 is 0. The summed E-state index contributed by atoms with van der Waals surface area (Å²) in [4.78, 5) is 2.24. The van der Waals surface area contributed by atoms with Gasteiger partial charge >= 0.3 is 0 Å². The molecule has 1 fully saturated rings. The predicted octanol–water partition coefficient (Wildman–Crippen LogP) is 4.23. The molecular formula is C19H32ClNO. The van der Waals surface area contributed by atoms with Crippen molar-refractivity contribution in [1.82, 2.24) is 4.90 Å². The van der Waals surface area contributed by atoms with E-state index in [2.05, 4.69) is 43.3 Å². The number of halogens is 1. The van der Waals surface area contributed by atoms with Crippen LogP contribution in [0.3, 0.4) is 0 Å². The molecule has 1 aliphatic carbocycles. The van der Waals surface area contributed by atoms with Gasteiger partial charge in [-0.2, -0.15) is 0 Å². The second kappa shape index (κ2) is 9.54. The molecule has 0 unspecified atom stereocenters. The van der Waals surface area contributed by atoms with Crippen molar-refractivity contribution in [2.75, 3.05) is 20.6 Å². The highest BCUT2D eigenvalue weighted by molar-refractivity contribution is 5.85. The van der Waals surface area contributed by atoms with Gasteiger partial charge in [0.05, 0.1) is 5.60 Å². The van der Waals surface area contributed by atoms with E-state index in [0.717, 1.165) is 38.6 Å². The van der Waals surface area contributed by atoms with Gasteiger partial charge in [-0.05, 0) is 70.3 Å². The molecule has 2 rings (SSSR count). The van der Waals surface area contributed by atoms with Gasteiger partial charge in [-0.1, -0.05) is 43.5 Å². The normalized spacial score (nSPS) is 17.3. The second-order valence-electron chi connectivity index (χ2n) is 7.01. The molecule has 1 aromatic rings. The SMILES string of the molecule is CN(C)CCCc1ccc(CCC2(O)CCCCC2)cc1.Cl. The van der Waals surface area contributed by atoms with E-state index in [1.807, 2.05) is 0 Å². The lowest BCUT2D eigenvalue weighted by Crippen LogP contribution is -2.31. The maximum Gasteiger partial charge on any atom is 0.0651 e. The summed E-state index contributed by atoms with van der Waals surface area (Å²) in [6, 6.07) is 9.01. The molecule has 0 atom stereocenters. The van der Waals surface area contributed by atoms with Crippen molar-refractivity contribution in [1.29, 1.82) is 0 Å². The highest BCUT2D eigenvalue weighted by Gasteiger charge is 2.28. The molecule has 0 aromatic heterocycles. The molecule has 1 aliphatic rings. The second-order valence-corrected chi connectivity index (χ2v) is 7.01. The third-order valence-electron chi connectivity index (χ3n) is 4.76. The minimum absolute atomic E-state index is 0. The van der Waals surface area contributed by atoms with Crippen LogP contribution < -0.4 is 0 Å². The fourth-order valence-corrected chi connectivity index (χ4v) is 3.31. The van der Waals surface area contributed by atoms with E-state index < -0.39 is 0 Å². The summed E-state index contributed by atoms with van der Waals surface area (Å²) in [7, 11) is 4.25. The first-order valence-corrected chi connectivity index (χ1v) is 8.52. The van der Waals surface area contributed by atoms with Crippen LogP contribution in [0.2, 0.25) is 0 Å². The van der Waals surface area contributed by atoms with Gasteiger partial charge in [0.1, 0.15) is 0 Å². The monoisotopic (exact) mass is 325 g/mol. The van der Waals surface area contributed by atoms with Crippen LogP contribution in [-0.4, -0.2) is 36.2 Å². The van der Waals surface area contributed by atoms with Crippen LogP contribution in [0.5, 0.6) is 0 Å². The quantitative estimate of drug-likeness (QED) is 0.811. The van der Waals surface area contributed by atoms with E-state index in [4.69, 9.17) is 0 Å². The minimum atomic E-state index is -0.386. The van der Waals surface area contributed by atoms with Crippen molar-refractivity contribution in [3.05, 3.63) is 35.4 Å². The Labute approximate surface area is 142 Å². The van der Waals surface area contributed by atoms with Crippen molar-refractivity contribution < 1.29 is 5.11 Å². The minimum Gasteiger partial charge on any atom is -0.390 e. The Morgan fingerprint density at radius 2 is 1.50 bits per heavy atom. The number of aliphatic hydroxyl groups is 1. The molecular weight excluding hydrogens is 294 g/mol. The molecule has 0 amide bonds. The van der Waals surface area contributed by atoms with Crippen molar-refractivity contribution in [3.63, 3.8) is 0 Å². The summed E-state index contributed by atoms with van der Waals surface area (Å²) in [5, 5.41) is 10.6. The van der Waals surface area contributed by atoms with Crippen molar-refractivity contribution >= 4 is 12.4 Å². The van der Waals surface area contributed by atoms with Crippen molar-refractivity contribution in [3.8, 4) is 0 Å². The lowest BCUT2D eigenvalue weighted by atomic mass is 9.81. The molecule has 3 heteroatoms. The van der Waals surface area contributed by atoms with Crippen LogP contribution in [0.4, 0.5) is 0 Å². The highest BCUT2D eigenvalue weighted by atomic mass is 35.5. The molecule has 0 bridgehead atoms. The van der Waals surface area contributed by atoms with Crippen LogP contribution in [0, 0.1) is 0 Å². The zero-order valence-corrected chi connectivity index (χ0v) is 15.0. The number of nitrogens with zero attached hydrogens (tertiary/aromatic N) is 1. The third-order valence-corrected chi connectivity index (χ3v) is 4.76. The fraction of sp³-hybridized carbons (Fsp3) is 0.684. The average Bonchev–Trinajstić information content (AvgIpc) is 2.47. The molecule has 22 heavy (non-hydrogen) atoms. The van der Waals surface area contributed by atoms with Crippen LogP contribution in [0.15, 0.2) is 24.3 Å². The topological polar surface area (TPSA) is 23.5 Å². The zero-order valence-electron chi connectivity index (χ0n) is 14.2. The Hall–Kier alpha value is -0.570. The van der Waals surface area contributed by atoms with E-state index in [0.29, 0.717) is 0 Å². The molecule has 0 saturated heterocycles. The lowest BCUT2D eigenvalue weighted by molar-refractivity contribution is -0.00341. The standard InChI is InChI=1S/C19H31NO.ClH/c1-20(2)16-6-7-17-8-10-18(11-9-17)12-15-19(21)13-4-3-5-14-19;/h8-11,21H,3-7,12-16H2,1-2H3;1H. The lowest BCUT2D eigenvalue weighted by Gasteiger charge is -2.32. The number of hydrogen-bond acceptors (Lipinski definition) is 2. The fourth-order valence-electron chi connectivity index (χ4n) is 3.31. The summed E-state index contributed by atoms with van der Waals surface area (Å²) in [5.41, 5.74) is 2.41. The van der Waals surface area contributed by atoms with Crippen LogP contribution in [-0.2, 0) is 12.8 Å². The molecule has 2 nitrogen and oxygen atoms in total. The van der Waals surface area contributed by atoms with Gasteiger partial charge < -0.3 is 10.0 Å². The van der Waals surface area contributed by atoms with Gasteiger partial charge in [0.2, 0.25) is 0 Å². The number of rotatable bonds is 7. The molecule has 1 saturated carbocycles. The van der Waals surface area contributed by atoms with Gasteiger partial charge in [-0.3, -0.25) is 0 Å². The van der Waals surface area contributed by atoms with E-state index in [-0.39, 0.29) is 18.0 Å². The van der Waals surface area contributed by atoms with Gasteiger partial charge in [0.15, 0.2) is 0 Å². The van der Waals surface area contributed by atoms with Gasteiger partial charge in [-0.15, -0.1) is 12.4 Å². The van der Waals surface area contributed by atoms with E-state index in [1.165, 1.54) is 36.8 Å². The first-order chi connectivity index (χ1) is 10.1. The molecule has 1 N–H and O–H groups in total. The predicted molar refractivity (Wildman–Crippen MR) is 96.9 cm³/mol. The number of benzene rings is 1. The van der Waals surface area contributed by atoms with Crippen molar-refractivity contribution in [2.24, 2.45) is 0 Å². The average molecular weight is 326 g/mol. The summed E-state index contributed by atoms with van der Waals surface area (Å²) >= 11 is 0. The summed E-state index contributed by atoms with van der Waals surface area (Å²) in [6.45, 7) is 1.15. The van der Waals surface area contributed by atoms with Gasteiger partial charge in [0.25, 0.3) is 0 Å². The Kier molecular flexibility index (Phi) is 8.45. The third kappa shape index (κ3) is 6.68. The Bertz CT molecular complexity index is 410. The maximum absolute atomic E-state index is 10.6. The Morgan fingerprint density at radius 3 is 2.05 bits per heavy atom. The van der Waals surface area contributed by atoms with Gasteiger partial charge in [-0.25, -0.2) is 0 Å². The van der Waals surface area contributed by atoms with Gasteiger partial charge in [0, 0.05) is 0 Å². The number of aryl methyl sites for hydroxylation is 2. The molecule has 1 aromatic carbocycles. The van der Waals surface area contributed by atoms with E-state index in [1.54, 1.807) is 0 Å². The van der Waals surface area contributed by atoms with Crippen LogP contribution in [0.25, 0.3) is 0 Å². The first kappa shape index (κ1) is 19.5. The smallest absolute Gasteiger partial charge is 0.0651 e. The molecule has 0 spiro atoms. The summed E-state index contributed by atoms with van der Waals surface area (Å²) in [5.74, 6) is 0. The first-order valence-electron chi connectivity index (χ1n) is 8.52. The van der Waals surface area contributed by atoms with Crippen LogP contribution in [0.1, 0.15) is 56.1 Å². The largest absolute Gasteiger partial charge is 0.390 e. The zero-order chi connectivity index (χ0) is 15.1. The van der Waals surface area contributed by atoms with Crippen LogP contribution >= 0.6 is 12.4 Å². The van der Waals surface area contributed by atoms with E-state index >= 15 is 0 Å². The van der Waals surface area contributed by atoms with Crippen molar-refractivity contribution in [2.45, 2.75) is 63.4 Å². The molecule has 126 valence electrons. The Balaban J connectivity index is 0.00000242. The number of hydrogen-bond donors (Lipinski definition) is 1. The molecule has 0 heterocycles. The maximum atomic E-state index is 10.6. The Morgan fingerprint density at radius 1 is 0.955 bits per heavy atom. The molecule has 0 radical (unpaired) electrons. The van der Waals surface area contributed by atoms with E-state index in [9.17, 15) is 5.11 Å². The highest BCUT2D eigenvalue weighted by Crippen LogP contribution is 2.31. The molecule has 0 aliphatic heterocycles.